The highest BCUT2D eigenvalue weighted by molar-refractivity contribution is 6.30. The molecule has 0 spiro atoms. The zero-order valence-corrected chi connectivity index (χ0v) is 12.8. The van der Waals surface area contributed by atoms with Gasteiger partial charge in [0.25, 0.3) is 0 Å². The molecule has 1 aromatic heterocycles. The minimum absolute atomic E-state index is 0.297. The Labute approximate surface area is 131 Å². The van der Waals surface area contributed by atoms with Crippen LogP contribution in [0, 0.1) is 0 Å². The Morgan fingerprint density at radius 2 is 2.14 bits per heavy atom. The molecular formula is C14H14ClN5O2. The molecule has 2 aromatic rings. The van der Waals surface area contributed by atoms with E-state index < -0.39 is 12.0 Å². The minimum Gasteiger partial charge on any atom is -0.463 e. The Morgan fingerprint density at radius 1 is 1.41 bits per heavy atom. The fraction of sp³-hybridized carbons (Fsp3) is 0.286. The maximum atomic E-state index is 12.4. The van der Waals surface area contributed by atoms with Crippen molar-refractivity contribution in [2.75, 3.05) is 11.9 Å². The molecule has 1 aromatic carbocycles. The van der Waals surface area contributed by atoms with Gasteiger partial charge < -0.3 is 10.1 Å². The lowest BCUT2D eigenvalue weighted by Gasteiger charge is -2.27. The van der Waals surface area contributed by atoms with E-state index >= 15 is 0 Å². The van der Waals surface area contributed by atoms with Gasteiger partial charge in [-0.15, -0.1) is 0 Å². The van der Waals surface area contributed by atoms with Crippen molar-refractivity contribution in [1.29, 1.82) is 0 Å². The van der Waals surface area contributed by atoms with Gasteiger partial charge in [0.15, 0.2) is 0 Å². The Balaban J connectivity index is 2.13. The highest BCUT2D eigenvalue weighted by Gasteiger charge is 2.34. The Kier molecular flexibility index (Phi) is 3.81. The van der Waals surface area contributed by atoms with Crippen LogP contribution < -0.4 is 5.32 Å². The van der Waals surface area contributed by atoms with Crippen LogP contribution in [0.1, 0.15) is 25.5 Å². The normalized spacial score (nSPS) is 17.0. The summed E-state index contributed by atoms with van der Waals surface area (Å²) >= 11 is 5.94. The first kappa shape index (κ1) is 14.5. The van der Waals surface area contributed by atoms with Gasteiger partial charge in [0.2, 0.25) is 5.95 Å². The average molecular weight is 320 g/mol. The van der Waals surface area contributed by atoms with Gasteiger partial charge >= 0.3 is 5.97 Å². The molecule has 0 bridgehead atoms. The van der Waals surface area contributed by atoms with Crippen LogP contribution in [0.4, 0.5) is 5.95 Å². The maximum Gasteiger partial charge on any atom is 0.338 e. The third-order valence-electron chi connectivity index (χ3n) is 3.40. The zero-order valence-electron chi connectivity index (χ0n) is 12.1. The van der Waals surface area contributed by atoms with Crippen molar-refractivity contribution in [3.63, 3.8) is 0 Å². The number of carbonyl (C=O) groups excluding carboxylic acids is 1. The molecule has 0 fully saturated rings. The number of aromatic nitrogens is 4. The van der Waals surface area contributed by atoms with Crippen LogP contribution in [0.25, 0.3) is 0 Å². The van der Waals surface area contributed by atoms with Crippen LogP contribution in [0.5, 0.6) is 0 Å². The first-order valence-corrected chi connectivity index (χ1v) is 7.18. The number of hydrogen-bond acceptors (Lipinski definition) is 6. The Morgan fingerprint density at radius 3 is 2.82 bits per heavy atom. The van der Waals surface area contributed by atoms with Gasteiger partial charge in [0.05, 0.1) is 12.2 Å². The number of rotatable bonds is 3. The standard InChI is InChI=1S/C14H14ClN5O2/c1-3-22-13(21)11-8(2)16-14-17-18-19-20(14)12(11)9-4-6-10(15)7-5-9/h4-7,12H,3H2,1-2H3,(H,16,17,19). The van der Waals surface area contributed by atoms with Crippen LogP contribution >= 0.6 is 11.6 Å². The quantitative estimate of drug-likeness (QED) is 0.873. The number of fused-ring (bicyclic) bond motifs is 1. The highest BCUT2D eigenvalue weighted by Crippen LogP contribution is 2.35. The van der Waals surface area contributed by atoms with Crippen molar-refractivity contribution >= 4 is 23.5 Å². The van der Waals surface area contributed by atoms with Crippen LogP contribution in [0.3, 0.4) is 0 Å². The lowest BCUT2D eigenvalue weighted by molar-refractivity contribution is -0.139. The topological polar surface area (TPSA) is 81.9 Å². The van der Waals surface area contributed by atoms with Crippen molar-refractivity contribution in [2.24, 2.45) is 0 Å². The lowest BCUT2D eigenvalue weighted by atomic mass is 9.96. The third-order valence-corrected chi connectivity index (χ3v) is 3.65. The summed E-state index contributed by atoms with van der Waals surface area (Å²) in [6, 6.07) is 6.76. The molecule has 1 aliphatic heterocycles. The number of tetrazole rings is 1. The average Bonchev–Trinajstić information content (AvgIpc) is 2.94. The smallest absolute Gasteiger partial charge is 0.338 e. The number of nitrogens with zero attached hydrogens (tertiary/aromatic N) is 4. The number of esters is 1. The molecule has 2 heterocycles. The summed E-state index contributed by atoms with van der Waals surface area (Å²) in [5, 5.41) is 15.2. The number of allylic oxidation sites excluding steroid dienone is 1. The summed E-state index contributed by atoms with van der Waals surface area (Å²) < 4.78 is 6.73. The highest BCUT2D eigenvalue weighted by atomic mass is 35.5. The monoisotopic (exact) mass is 319 g/mol. The summed E-state index contributed by atoms with van der Waals surface area (Å²) in [5.74, 6) is 0.0825. The molecule has 0 amide bonds. The molecular weight excluding hydrogens is 306 g/mol. The maximum absolute atomic E-state index is 12.4. The van der Waals surface area contributed by atoms with Crippen LogP contribution in [-0.4, -0.2) is 32.8 Å². The fourth-order valence-corrected chi connectivity index (χ4v) is 2.56. The molecule has 0 radical (unpaired) electrons. The summed E-state index contributed by atoms with van der Waals surface area (Å²) in [6.07, 6.45) is 0. The molecule has 8 heteroatoms. The van der Waals surface area contributed by atoms with Crippen molar-refractivity contribution in [2.45, 2.75) is 19.9 Å². The molecule has 0 aliphatic carbocycles. The lowest BCUT2D eigenvalue weighted by Crippen LogP contribution is -2.29. The van der Waals surface area contributed by atoms with Crippen molar-refractivity contribution < 1.29 is 9.53 Å². The Hall–Kier alpha value is -2.41. The van der Waals surface area contributed by atoms with Crippen molar-refractivity contribution in [3.8, 4) is 0 Å². The SMILES string of the molecule is CCOC(=O)C1=C(C)Nc2nnnn2C1c1ccc(Cl)cc1. The van der Waals surface area contributed by atoms with E-state index in [2.05, 4.69) is 20.8 Å². The van der Waals surface area contributed by atoms with Crippen molar-refractivity contribution in [3.05, 3.63) is 46.1 Å². The van der Waals surface area contributed by atoms with E-state index in [0.29, 0.717) is 28.8 Å². The summed E-state index contributed by atoms with van der Waals surface area (Å²) in [7, 11) is 0. The molecule has 0 saturated heterocycles. The van der Waals surface area contributed by atoms with E-state index in [1.165, 1.54) is 0 Å². The van der Waals surface area contributed by atoms with Crippen molar-refractivity contribution in [1.82, 2.24) is 20.2 Å². The van der Waals surface area contributed by atoms with Gasteiger partial charge in [-0.3, -0.25) is 0 Å². The molecule has 3 rings (SSSR count). The number of hydrogen-bond donors (Lipinski definition) is 1. The van der Waals surface area contributed by atoms with E-state index in [4.69, 9.17) is 16.3 Å². The van der Waals surface area contributed by atoms with E-state index in [1.807, 2.05) is 12.1 Å². The molecule has 7 nitrogen and oxygen atoms in total. The zero-order chi connectivity index (χ0) is 15.7. The van der Waals surface area contributed by atoms with Crippen LogP contribution in [0.15, 0.2) is 35.5 Å². The molecule has 1 unspecified atom stereocenters. The number of nitrogens with one attached hydrogen (secondary N) is 1. The van der Waals surface area contributed by atoms with Gasteiger partial charge in [0, 0.05) is 10.7 Å². The predicted molar refractivity (Wildman–Crippen MR) is 80.4 cm³/mol. The number of anilines is 1. The fourth-order valence-electron chi connectivity index (χ4n) is 2.44. The number of carbonyl (C=O) groups is 1. The van der Waals surface area contributed by atoms with Gasteiger partial charge in [-0.1, -0.05) is 28.8 Å². The molecule has 0 saturated carbocycles. The van der Waals surface area contributed by atoms with Crippen LogP contribution in [0.2, 0.25) is 5.02 Å². The summed E-state index contributed by atoms with van der Waals surface area (Å²) in [6.45, 7) is 3.86. The molecule has 22 heavy (non-hydrogen) atoms. The Bertz CT molecular complexity index is 738. The summed E-state index contributed by atoms with van der Waals surface area (Å²) in [4.78, 5) is 12.4. The predicted octanol–water partition coefficient (Wildman–Crippen LogP) is 2.18. The molecule has 114 valence electrons. The van der Waals surface area contributed by atoms with Gasteiger partial charge in [-0.25, -0.2) is 4.79 Å². The minimum atomic E-state index is -0.456. The second-order valence-corrected chi connectivity index (χ2v) is 5.22. The molecule has 1 aliphatic rings. The number of benzene rings is 1. The van der Waals surface area contributed by atoms with E-state index in [-0.39, 0.29) is 0 Å². The van der Waals surface area contributed by atoms with Gasteiger partial charge in [-0.05, 0) is 42.0 Å². The first-order chi connectivity index (χ1) is 10.6. The second-order valence-electron chi connectivity index (χ2n) is 4.79. The largest absolute Gasteiger partial charge is 0.463 e. The first-order valence-electron chi connectivity index (χ1n) is 6.80. The second kappa shape index (κ2) is 5.76. The van der Waals surface area contributed by atoms with Crippen LogP contribution in [-0.2, 0) is 9.53 Å². The molecule has 1 N–H and O–H groups in total. The summed E-state index contributed by atoms with van der Waals surface area (Å²) in [5.41, 5.74) is 1.99. The third kappa shape index (κ3) is 2.43. The number of halogens is 1. The van der Waals surface area contributed by atoms with E-state index in [0.717, 1.165) is 5.56 Å². The van der Waals surface area contributed by atoms with E-state index in [1.54, 1.807) is 30.7 Å². The number of ether oxygens (including phenoxy) is 1. The van der Waals surface area contributed by atoms with E-state index in [9.17, 15) is 4.79 Å². The molecule has 1 atom stereocenters. The van der Waals surface area contributed by atoms with Gasteiger partial charge in [-0.2, -0.15) is 4.68 Å². The van der Waals surface area contributed by atoms with Gasteiger partial charge in [0.1, 0.15) is 6.04 Å².